The summed E-state index contributed by atoms with van der Waals surface area (Å²) in [7, 11) is 0. The molecule has 6 heteroatoms. The van der Waals surface area contributed by atoms with Crippen molar-refractivity contribution in [1.82, 2.24) is 9.80 Å². The molecule has 1 unspecified atom stereocenters. The van der Waals surface area contributed by atoms with Crippen LogP contribution in [0.5, 0.6) is 0 Å². The first kappa shape index (κ1) is 23.2. The number of amides is 3. The van der Waals surface area contributed by atoms with Gasteiger partial charge in [0.15, 0.2) is 0 Å². The molecule has 2 fully saturated rings. The number of rotatable bonds is 14. The van der Waals surface area contributed by atoms with E-state index in [1.807, 2.05) is 4.90 Å². The average molecular weight is 411 g/mol. The van der Waals surface area contributed by atoms with E-state index in [-0.39, 0.29) is 17.1 Å². The van der Waals surface area contributed by atoms with E-state index >= 15 is 0 Å². The predicted molar refractivity (Wildman–Crippen MR) is 115 cm³/mol. The summed E-state index contributed by atoms with van der Waals surface area (Å²) in [6.45, 7) is 3.46. The van der Waals surface area contributed by atoms with Gasteiger partial charge in [-0.1, -0.05) is 64.7 Å². The molecule has 0 bridgehead atoms. The predicted octanol–water partition coefficient (Wildman–Crippen LogP) is 4.39. The van der Waals surface area contributed by atoms with Gasteiger partial charge in [0.2, 0.25) is 18.2 Å². The molecule has 2 rings (SSSR count). The molecular weight excluding hydrogens is 372 g/mol. The minimum Gasteiger partial charge on any atom is -0.341 e. The van der Waals surface area contributed by atoms with Crippen LogP contribution in [-0.4, -0.2) is 58.2 Å². The van der Waals surface area contributed by atoms with E-state index in [9.17, 15) is 14.4 Å². The molecule has 0 aromatic heterocycles. The van der Waals surface area contributed by atoms with Crippen LogP contribution in [0.15, 0.2) is 0 Å². The highest BCUT2D eigenvalue weighted by Gasteiger charge is 2.38. The van der Waals surface area contributed by atoms with Gasteiger partial charge in [-0.25, -0.2) is 0 Å². The van der Waals surface area contributed by atoms with Gasteiger partial charge in [0, 0.05) is 31.3 Å². The van der Waals surface area contributed by atoms with Crippen molar-refractivity contribution in [3.8, 4) is 0 Å². The minimum absolute atomic E-state index is 0.0173. The quantitative estimate of drug-likeness (QED) is 0.242. The maximum atomic E-state index is 12.6. The summed E-state index contributed by atoms with van der Waals surface area (Å²) >= 11 is 1.55. The molecule has 1 saturated carbocycles. The van der Waals surface area contributed by atoms with Gasteiger partial charge in [-0.3, -0.25) is 19.3 Å². The summed E-state index contributed by atoms with van der Waals surface area (Å²) in [4.78, 5) is 39.6. The molecule has 0 N–H and O–H groups in total. The fourth-order valence-corrected chi connectivity index (χ4v) is 5.41. The number of nitrogens with zero attached hydrogens (tertiary/aromatic N) is 2. The summed E-state index contributed by atoms with van der Waals surface area (Å²) in [6.07, 6.45) is 15.4. The Kier molecular flexibility index (Phi) is 11.0. The van der Waals surface area contributed by atoms with Gasteiger partial charge in [0.25, 0.3) is 0 Å². The van der Waals surface area contributed by atoms with Crippen LogP contribution in [0.1, 0.15) is 90.4 Å². The van der Waals surface area contributed by atoms with Gasteiger partial charge < -0.3 is 4.90 Å². The largest absolute Gasteiger partial charge is 0.341 e. The van der Waals surface area contributed by atoms with Gasteiger partial charge in [-0.15, -0.1) is 11.8 Å². The molecule has 5 nitrogen and oxygen atoms in total. The number of hydrogen-bond acceptors (Lipinski definition) is 4. The second-order valence-electron chi connectivity index (χ2n) is 8.20. The van der Waals surface area contributed by atoms with Crippen molar-refractivity contribution in [2.45, 2.75) is 102 Å². The average Bonchev–Trinajstić information content (AvgIpc) is 2.98. The lowest BCUT2D eigenvalue weighted by atomic mass is 9.94. The summed E-state index contributed by atoms with van der Waals surface area (Å²) in [5.74, 6) is 0.689. The topological polar surface area (TPSA) is 57.7 Å². The summed E-state index contributed by atoms with van der Waals surface area (Å²) in [6, 6.07) is 0.363. The fourth-order valence-electron chi connectivity index (χ4n) is 4.28. The van der Waals surface area contributed by atoms with E-state index in [0.29, 0.717) is 25.6 Å². The third kappa shape index (κ3) is 7.41. The number of imide groups is 1. The zero-order valence-corrected chi connectivity index (χ0v) is 18.4. The lowest BCUT2D eigenvalue weighted by Gasteiger charge is -2.31. The molecule has 2 aliphatic rings. The first-order valence-electron chi connectivity index (χ1n) is 11.3. The molecule has 3 amide bonds. The lowest BCUT2D eigenvalue weighted by molar-refractivity contribution is -0.138. The molecule has 1 heterocycles. The van der Waals surface area contributed by atoms with Crippen LogP contribution >= 0.6 is 11.8 Å². The van der Waals surface area contributed by atoms with Gasteiger partial charge >= 0.3 is 0 Å². The highest BCUT2D eigenvalue weighted by atomic mass is 32.2. The van der Waals surface area contributed by atoms with Crippen molar-refractivity contribution < 1.29 is 14.4 Å². The Morgan fingerprint density at radius 2 is 1.71 bits per heavy atom. The summed E-state index contributed by atoms with van der Waals surface area (Å²) in [5.41, 5.74) is 0. The highest BCUT2D eigenvalue weighted by Crippen LogP contribution is 2.27. The number of carbonyl (C=O) groups excluding carboxylic acids is 3. The third-order valence-corrected chi connectivity index (χ3v) is 7.22. The van der Waals surface area contributed by atoms with Crippen LogP contribution in [0.4, 0.5) is 0 Å². The molecule has 0 aromatic carbocycles. The molecular formula is C22H38N2O3S. The Balaban J connectivity index is 1.64. The number of thioether (sulfide) groups is 1. The monoisotopic (exact) mass is 410 g/mol. The highest BCUT2D eigenvalue weighted by molar-refractivity contribution is 8.00. The Morgan fingerprint density at radius 3 is 2.39 bits per heavy atom. The van der Waals surface area contributed by atoms with E-state index in [0.717, 1.165) is 37.8 Å². The molecule has 1 aliphatic heterocycles. The third-order valence-electron chi connectivity index (χ3n) is 6.04. The summed E-state index contributed by atoms with van der Waals surface area (Å²) < 4.78 is 0. The number of hydrogen-bond donors (Lipinski definition) is 0. The van der Waals surface area contributed by atoms with Gasteiger partial charge in [-0.2, -0.15) is 0 Å². The van der Waals surface area contributed by atoms with Gasteiger partial charge in [0.05, 0.1) is 5.25 Å². The second-order valence-corrected chi connectivity index (χ2v) is 9.51. The standard InChI is InChI=1S/C22H38N2O3S/c1-2-3-4-5-6-7-11-14-24-21(26)17-20(22(24)27)28-16-15-23(18-25)19-12-9-8-10-13-19/h18-20H,2-17H2,1H3. The van der Waals surface area contributed by atoms with E-state index < -0.39 is 0 Å². The van der Waals surface area contributed by atoms with Crippen LogP contribution < -0.4 is 0 Å². The number of likely N-dealkylation sites (tertiary alicyclic amines) is 1. The van der Waals surface area contributed by atoms with Gasteiger partial charge in [0.1, 0.15) is 0 Å². The van der Waals surface area contributed by atoms with E-state index in [1.54, 1.807) is 11.8 Å². The molecule has 1 aliphatic carbocycles. The van der Waals surface area contributed by atoms with E-state index in [4.69, 9.17) is 0 Å². The van der Waals surface area contributed by atoms with Crippen molar-refractivity contribution in [3.05, 3.63) is 0 Å². The zero-order valence-electron chi connectivity index (χ0n) is 17.6. The molecule has 0 spiro atoms. The zero-order chi connectivity index (χ0) is 20.2. The first-order chi connectivity index (χ1) is 13.7. The molecule has 160 valence electrons. The first-order valence-corrected chi connectivity index (χ1v) is 12.4. The van der Waals surface area contributed by atoms with Crippen LogP contribution in [0.2, 0.25) is 0 Å². The van der Waals surface area contributed by atoms with Crippen LogP contribution in [-0.2, 0) is 14.4 Å². The summed E-state index contributed by atoms with van der Waals surface area (Å²) in [5, 5.41) is -0.253. The Morgan fingerprint density at radius 1 is 1.04 bits per heavy atom. The van der Waals surface area contributed by atoms with Gasteiger partial charge in [-0.05, 0) is 19.3 Å². The van der Waals surface area contributed by atoms with Crippen molar-refractivity contribution in [2.24, 2.45) is 0 Å². The van der Waals surface area contributed by atoms with Crippen LogP contribution in [0, 0.1) is 0 Å². The van der Waals surface area contributed by atoms with Crippen molar-refractivity contribution in [2.75, 3.05) is 18.8 Å². The smallest absolute Gasteiger partial charge is 0.242 e. The number of carbonyl (C=O) groups is 3. The fraction of sp³-hybridized carbons (Fsp3) is 0.864. The SMILES string of the molecule is CCCCCCCCCN1C(=O)CC(SCCN(C=O)C2CCCCC2)C1=O. The maximum absolute atomic E-state index is 12.6. The Labute approximate surface area is 175 Å². The number of unbranched alkanes of at least 4 members (excludes halogenated alkanes) is 6. The van der Waals surface area contributed by atoms with E-state index in [2.05, 4.69) is 6.92 Å². The van der Waals surface area contributed by atoms with E-state index in [1.165, 1.54) is 56.3 Å². The Bertz CT molecular complexity index is 494. The molecule has 0 aromatic rings. The maximum Gasteiger partial charge on any atom is 0.242 e. The lowest BCUT2D eigenvalue weighted by Crippen LogP contribution is -2.37. The molecule has 28 heavy (non-hydrogen) atoms. The minimum atomic E-state index is -0.253. The molecule has 0 radical (unpaired) electrons. The van der Waals surface area contributed by atoms with Crippen molar-refractivity contribution in [1.29, 1.82) is 0 Å². The molecule has 1 saturated heterocycles. The van der Waals surface area contributed by atoms with Crippen molar-refractivity contribution in [3.63, 3.8) is 0 Å². The van der Waals surface area contributed by atoms with Crippen LogP contribution in [0.3, 0.4) is 0 Å². The molecule has 1 atom stereocenters. The van der Waals surface area contributed by atoms with Crippen LogP contribution in [0.25, 0.3) is 0 Å². The second kappa shape index (κ2) is 13.2. The van der Waals surface area contributed by atoms with Crippen molar-refractivity contribution >= 4 is 30.0 Å². The Hall–Kier alpha value is -1.04. The normalized spacial score (nSPS) is 20.8.